The fourth-order valence-electron chi connectivity index (χ4n) is 3.67. The second kappa shape index (κ2) is 11.3. The van der Waals surface area contributed by atoms with Gasteiger partial charge in [-0.15, -0.1) is 11.3 Å². The Balaban J connectivity index is 1.55. The second-order valence-corrected chi connectivity index (χ2v) is 9.06. The molecule has 10 nitrogen and oxygen atoms in total. The highest BCUT2D eigenvalue weighted by atomic mass is 32.1. The Labute approximate surface area is 221 Å². The van der Waals surface area contributed by atoms with Crippen LogP contribution in [-0.4, -0.2) is 48.6 Å². The van der Waals surface area contributed by atoms with E-state index in [1.165, 1.54) is 14.0 Å². The first kappa shape index (κ1) is 26.6. The smallest absolute Gasteiger partial charge is 0.348 e. The molecule has 0 radical (unpaired) electrons. The molecule has 2 aromatic heterocycles. The fourth-order valence-corrected chi connectivity index (χ4v) is 4.76. The summed E-state index contributed by atoms with van der Waals surface area (Å²) in [6.45, 7) is 4.74. The van der Waals surface area contributed by atoms with E-state index >= 15 is 0 Å². The number of hydrogen-bond donors (Lipinski definition) is 1. The van der Waals surface area contributed by atoms with Gasteiger partial charge in [0, 0.05) is 0 Å². The SMILES string of the molecule is CCOC(=O)c1sc(NC(=O)C(C)OC(=O)c2ccccc2-c2nc3ccccc3o2)c(C(=O)OC)c1C. The van der Waals surface area contributed by atoms with Crippen LogP contribution >= 0.6 is 11.3 Å². The Kier molecular flexibility index (Phi) is 7.87. The summed E-state index contributed by atoms with van der Waals surface area (Å²) in [7, 11) is 1.19. The van der Waals surface area contributed by atoms with Gasteiger partial charge in [-0.25, -0.2) is 19.4 Å². The molecule has 2 heterocycles. The molecular formula is C27H24N2O8S. The van der Waals surface area contributed by atoms with Crippen LogP contribution in [0.15, 0.2) is 52.9 Å². The van der Waals surface area contributed by atoms with Gasteiger partial charge in [-0.1, -0.05) is 24.3 Å². The number of thiophene rings is 1. The molecule has 196 valence electrons. The van der Waals surface area contributed by atoms with Gasteiger partial charge in [-0.2, -0.15) is 0 Å². The zero-order valence-electron chi connectivity index (χ0n) is 21.0. The predicted molar refractivity (Wildman–Crippen MR) is 139 cm³/mol. The number of nitrogens with one attached hydrogen (secondary N) is 1. The quantitative estimate of drug-likeness (QED) is 0.243. The van der Waals surface area contributed by atoms with Crippen molar-refractivity contribution in [3.05, 3.63) is 70.1 Å². The van der Waals surface area contributed by atoms with E-state index in [2.05, 4.69) is 10.3 Å². The van der Waals surface area contributed by atoms with E-state index in [0.717, 1.165) is 11.3 Å². The number of benzene rings is 2. The summed E-state index contributed by atoms with van der Waals surface area (Å²) in [6.07, 6.45) is -1.25. The molecule has 4 aromatic rings. The van der Waals surface area contributed by atoms with Gasteiger partial charge >= 0.3 is 17.9 Å². The van der Waals surface area contributed by atoms with Crippen molar-refractivity contribution < 1.29 is 37.8 Å². The summed E-state index contributed by atoms with van der Waals surface area (Å²) in [5.41, 5.74) is 2.09. The molecular weight excluding hydrogens is 512 g/mol. The number of oxazole rings is 1. The van der Waals surface area contributed by atoms with Crippen molar-refractivity contribution in [3.8, 4) is 11.5 Å². The lowest BCUT2D eigenvalue weighted by Gasteiger charge is -2.14. The molecule has 38 heavy (non-hydrogen) atoms. The maximum Gasteiger partial charge on any atom is 0.348 e. The average Bonchev–Trinajstić information content (AvgIpc) is 3.49. The average molecular weight is 537 g/mol. The van der Waals surface area contributed by atoms with E-state index in [-0.39, 0.29) is 33.5 Å². The van der Waals surface area contributed by atoms with Crippen LogP contribution in [-0.2, 0) is 19.0 Å². The third-order valence-electron chi connectivity index (χ3n) is 5.56. The van der Waals surface area contributed by atoms with Gasteiger partial charge < -0.3 is 23.9 Å². The van der Waals surface area contributed by atoms with Crippen molar-refractivity contribution >= 4 is 51.3 Å². The zero-order chi connectivity index (χ0) is 27.4. The van der Waals surface area contributed by atoms with Crippen LogP contribution in [0, 0.1) is 6.92 Å². The number of carbonyl (C=O) groups is 4. The molecule has 0 spiro atoms. The van der Waals surface area contributed by atoms with Crippen LogP contribution in [0.4, 0.5) is 5.00 Å². The van der Waals surface area contributed by atoms with Gasteiger partial charge in [0.25, 0.3) is 5.91 Å². The molecule has 4 rings (SSSR count). The molecule has 0 saturated heterocycles. The van der Waals surface area contributed by atoms with E-state index in [1.807, 2.05) is 12.1 Å². The number of hydrogen-bond acceptors (Lipinski definition) is 10. The lowest BCUT2D eigenvalue weighted by Crippen LogP contribution is -2.30. The largest absolute Gasteiger partial charge is 0.465 e. The standard InChI is InChI=1S/C27H24N2O8S/c1-5-35-27(33)21-14(2)20(26(32)34-4)24(38-21)29-22(30)15(3)36-25(31)17-11-7-6-10-16(17)23-28-18-12-8-9-13-19(18)37-23/h6-13,15H,5H2,1-4H3,(H,29,30). The van der Waals surface area contributed by atoms with Crippen LogP contribution in [0.25, 0.3) is 22.6 Å². The van der Waals surface area contributed by atoms with Crippen molar-refractivity contribution in [1.29, 1.82) is 0 Å². The van der Waals surface area contributed by atoms with Gasteiger partial charge in [0.05, 0.1) is 30.4 Å². The van der Waals surface area contributed by atoms with E-state index in [0.29, 0.717) is 22.2 Å². The molecule has 1 N–H and O–H groups in total. The summed E-state index contributed by atoms with van der Waals surface area (Å²) in [4.78, 5) is 55.3. The first-order valence-electron chi connectivity index (χ1n) is 11.6. The summed E-state index contributed by atoms with van der Waals surface area (Å²) in [5, 5.41) is 2.65. The first-order chi connectivity index (χ1) is 18.2. The number of rotatable bonds is 8. The predicted octanol–water partition coefficient (Wildman–Crippen LogP) is 5.01. The molecule has 0 bridgehead atoms. The number of fused-ring (bicyclic) bond motifs is 1. The van der Waals surface area contributed by atoms with Gasteiger partial charge in [-0.05, 0) is 50.6 Å². The number of carbonyl (C=O) groups excluding carboxylic acids is 4. The Morgan fingerprint density at radius 1 is 1.03 bits per heavy atom. The Bertz CT molecular complexity index is 1500. The van der Waals surface area contributed by atoms with E-state index < -0.39 is 29.9 Å². The third-order valence-corrected chi connectivity index (χ3v) is 6.75. The molecule has 1 atom stereocenters. The summed E-state index contributed by atoms with van der Waals surface area (Å²) in [6, 6.07) is 13.8. The maximum absolute atomic E-state index is 13.1. The number of anilines is 1. The first-order valence-corrected chi connectivity index (χ1v) is 12.4. The maximum atomic E-state index is 13.1. The normalized spacial score (nSPS) is 11.6. The summed E-state index contributed by atoms with van der Waals surface area (Å²) in [5.74, 6) is -2.61. The number of methoxy groups -OCH3 is 1. The number of aromatic nitrogens is 1. The van der Waals surface area contributed by atoms with Crippen molar-refractivity contribution in [2.75, 3.05) is 19.0 Å². The van der Waals surface area contributed by atoms with E-state index in [4.69, 9.17) is 18.6 Å². The molecule has 11 heteroatoms. The van der Waals surface area contributed by atoms with Crippen molar-refractivity contribution in [2.24, 2.45) is 0 Å². The van der Waals surface area contributed by atoms with Crippen LogP contribution in [0.5, 0.6) is 0 Å². The van der Waals surface area contributed by atoms with Crippen LogP contribution < -0.4 is 5.32 Å². The van der Waals surface area contributed by atoms with Gasteiger partial charge in [0.1, 0.15) is 15.4 Å². The van der Waals surface area contributed by atoms with Crippen molar-refractivity contribution in [1.82, 2.24) is 4.98 Å². The van der Waals surface area contributed by atoms with Gasteiger partial charge in [-0.3, -0.25) is 4.79 Å². The van der Waals surface area contributed by atoms with Crippen molar-refractivity contribution in [2.45, 2.75) is 26.9 Å². The monoisotopic (exact) mass is 536 g/mol. The molecule has 1 amide bonds. The minimum absolute atomic E-state index is 0.0220. The number of esters is 3. The Morgan fingerprint density at radius 3 is 2.45 bits per heavy atom. The molecule has 0 aliphatic carbocycles. The molecule has 2 aromatic carbocycles. The lowest BCUT2D eigenvalue weighted by atomic mass is 10.1. The highest BCUT2D eigenvalue weighted by molar-refractivity contribution is 7.18. The number of nitrogens with zero attached hydrogens (tertiary/aromatic N) is 1. The summed E-state index contributed by atoms with van der Waals surface area (Å²) < 4.78 is 21.1. The molecule has 0 saturated carbocycles. The minimum atomic E-state index is -1.25. The Morgan fingerprint density at radius 2 is 1.74 bits per heavy atom. The Hall–Kier alpha value is -4.51. The summed E-state index contributed by atoms with van der Waals surface area (Å²) >= 11 is 0.872. The number of ether oxygens (including phenoxy) is 3. The van der Waals surface area contributed by atoms with E-state index in [1.54, 1.807) is 50.2 Å². The van der Waals surface area contributed by atoms with Crippen molar-refractivity contribution in [3.63, 3.8) is 0 Å². The molecule has 0 aliphatic rings. The van der Waals surface area contributed by atoms with Gasteiger partial charge in [0.2, 0.25) is 5.89 Å². The lowest BCUT2D eigenvalue weighted by molar-refractivity contribution is -0.123. The van der Waals surface area contributed by atoms with E-state index in [9.17, 15) is 19.2 Å². The number of amides is 1. The van der Waals surface area contributed by atoms with Crippen LogP contribution in [0.2, 0.25) is 0 Å². The topological polar surface area (TPSA) is 134 Å². The molecule has 0 fully saturated rings. The zero-order valence-corrected chi connectivity index (χ0v) is 21.8. The highest BCUT2D eigenvalue weighted by Crippen LogP contribution is 2.34. The minimum Gasteiger partial charge on any atom is -0.465 e. The van der Waals surface area contributed by atoms with Crippen LogP contribution in [0.3, 0.4) is 0 Å². The molecule has 0 aliphatic heterocycles. The highest BCUT2D eigenvalue weighted by Gasteiger charge is 2.29. The second-order valence-electron chi connectivity index (χ2n) is 8.04. The third kappa shape index (κ3) is 5.28. The van der Waals surface area contributed by atoms with Gasteiger partial charge in [0.15, 0.2) is 11.7 Å². The molecule has 1 unspecified atom stereocenters. The fraction of sp³-hybridized carbons (Fsp3) is 0.222. The van der Waals surface area contributed by atoms with Crippen LogP contribution in [0.1, 0.15) is 49.8 Å². The number of para-hydroxylation sites is 2.